The van der Waals surface area contributed by atoms with Crippen molar-refractivity contribution < 1.29 is 21.6 Å². The highest BCUT2D eigenvalue weighted by molar-refractivity contribution is 7.91. The first-order valence-corrected chi connectivity index (χ1v) is 10.7. The van der Waals surface area contributed by atoms with Gasteiger partial charge in [0.05, 0.1) is 10.6 Å². The molecule has 0 aromatic heterocycles. The normalized spacial score (nSPS) is 12.3. The molecule has 0 aliphatic heterocycles. The summed E-state index contributed by atoms with van der Waals surface area (Å²) in [5.74, 6) is 0.449. The number of sulfone groups is 1. The molecule has 0 fully saturated rings. The van der Waals surface area contributed by atoms with E-state index in [1.165, 1.54) is 24.3 Å². The van der Waals surface area contributed by atoms with Gasteiger partial charge in [0.25, 0.3) is 0 Å². The van der Waals surface area contributed by atoms with E-state index in [0.29, 0.717) is 18.8 Å². The molecular weight excluding hydrogens is 340 g/mol. The maximum absolute atomic E-state index is 12.0. The molecule has 23 heavy (non-hydrogen) atoms. The standard InChI is InChI=1S/C14H24N2O5S2/c1-3-15-9-10-16-23(19,20)14-7-5-13(6-8-14)21-11-12-22(17,18)4-2/h5-8,15-16H,3-4,9-12H2,1-2H3. The summed E-state index contributed by atoms with van der Waals surface area (Å²) >= 11 is 0. The summed E-state index contributed by atoms with van der Waals surface area (Å²) in [6.07, 6.45) is 0. The number of hydrogen-bond donors (Lipinski definition) is 2. The van der Waals surface area contributed by atoms with Gasteiger partial charge in [0, 0.05) is 18.8 Å². The summed E-state index contributed by atoms with van der Waals surface area (Å²) in [6.45, 7) is 5.22. The fourth-order valence-electron chi connectivity index (χ4n) is 1.68. The molecule has 1 aromatic carbocycles. The minimum atomic E-state index is -3.55. The minimum absolute atomic E-state index is 0.0448. The zero-order valence-electron chi connectivity index (χ0n) is 13.4. The Morgan fingerprint density at radius 2 is 1.65 bits per heavy atom. The zero-order valence-corrected chi connectivity index (χ0v) is 15.0. The van der Waals surface area contributed by atoms with Crippen LogP contribution in [0.3, 0.4) is 0 Å². The number of hydrogen-bond acceptors (Lipinski definition) is 6. The Hall–Kier alpha value is -1.16. The van der Waals surface area contributed by atoms with Gasteiger partial charge in [0.2, 0.25) is 10.0 Å². The second-order valence-electron chi connectivity index (χ2n) is 4.81. The lowest BCUT2D eigenvalue weighted by Crippen LogP contribution is -2.31. The third-order valence-corrected chi connectivity index (χ3v) is 6.23. The van der Waals surface area contributed by atoms with Gasteiger partial charge >= 0.3 is 0 Å². The Morgan fingerprint density at radius 3 is 2.22 bits per heavy atom. The van der Waals surface area contributed by atoms with Crippen LogP contribution in [-0.2, 0) is 19.9 Å². The van der Waals surface area contributed by atoms with Crippen LogP contribution in [0.15, 0.2) is 29.2 Å². The maximum Gasteiger partial charge on any atom is 0.240 e. The number of ether oxygens (including phenoxy) is 1. The molecule has 2 N–H and O–H groups in total. The topological polar surface area (TPSA) is 102 Å². The summed E-state index contributed by atoms with van der Waals surface area (Å²) in [6, 6.07) is 5.88. The fourth-order valence-corrected chi connectivity index (χ4v) is 3.34. The molecule has 0 spiro atoms. The summed E-state index contributed by atoms with van der Waals surface area (Å²) < 4.78 is 54.6. The van der Waals surface area contributed by atoms with Crippen molar-refractivity contribution in [2.24, 2.45) is 0 Å². The summed E-state index contributed by atoms with van der Waals surface area (Å²) in [7, 11) is -6.62. The Balaban J connectivity index is 2.55. The molecule has 9 heteroatoms. The zero-order chi connectivity index (χ0) is 17.3. The molecule has 1 rings (SSSR count). The third-order valence-electron chi connectivity index (χ3n) is 3.08. The van der Waals surface area contributed by atoms with E-state index in [1.54, 1.807) is 6.92 Å². The van der Waals surface area contributed by atoms with E-state index in [0.717, 1.165) is 6.54 Å². The van der Waals surface area contributed by atoms with Crippen molar-refractivity contribution in [3.8, 4) is 5.75 Å². The van der Waals surface area contributed by atoms with Gasteiger partial charge in [-0.3, -0.25) is 0 Å². The van der Waals surface area contributed by atoms with Gasteiger partial charge in [-0.2, -0.15) is 0 Å². The third kappa shape index (κ3) is 7.30. The lowest BCUT2D eigenvalue weighted by molar-refractivity contribution is 0.340. The van der Waals surface area contributed by atoms with Crippen LogP contribution in [-0.4, -0.2) is 54.6 Å². The van der Waals surface area contributed by atoms with Crippen LogP contribution in [0, 0.1) is 0 Å². The van der Waals surface area contributed by atoms with Crippen LogP contribution in [0.1, 0.15) is 13.8 Å². The number of sulfonamides is 1. The van der Waals surface area contributed by atoms with E-state index in [9.17, 15) is 16.8 Å². The predicted octanol–water partition coefficient (Wildman–Crippen LogP) is 0.388. The summed E-state index contributed by atoms with van der Waals surface area (Å²) in [5.41, 5.74) is 0. The Bertz CT molecular complexity index is 670. The average molecular weight is 364 g/mol. The first-order valence-electron chi connectivity index (χ1n) is 7.44. The van der Waals surface area contributed by atoms with Crippen LogP contribution in [0.5, 0.6) is 5.75 Å². The Kier molecular flexibility index (Phi) is 7.97. The molecule has 0 radical (unpaired) electrons. The lowest BCUT2D eigenvalue weighted by Gasteiger charge is -2.09. The first kappa shape index (κ1) is 19.9. The SMILES string of the molecule is CCNCCNS(=O)(=O)c1ccc(OCCS(=O)(=O)CC)cc1. The van der Waals surface area contributed by atoms with Gasteiger partial charge < -0.3 is 10.1 Å². The fraction of sp³-hybridized carbons (Fsp3) is 0.571. The van der Waals surface area contributed by atoms with Gasteiger partial charge in [0.15, 0.2) is 9.84 Å². The average Bonchev–Trinajstić information content (AvgIpc) is 2.52. The van der Waals surface area contributed by atoms with Crippen molar-refractivity contribution in [3.05, 3.63) is 24.3 Å². The highest BCUT2D eigenvalue weighted by atomic mass is 32.2. The van der Waals surface area contributed by atoms with Crippen LogP contribution in [0.25, 0.3) is 0 Å². The summed E-state index contributed by atoms with van der Waals surface area (Å²) in [4.78, 5) is 0.141. The van der Waals surface area contributed by atoms with Crippen molar-refractivity contribution in [1.29, 1.82) is 0 Å². The molecule has 0 aliphatic rings. The van der Waals surface area contributed by atoms with E-state index in [1.807, 2.05) is 6.92 Å². The van der Waals surface area contributed by atoms with Gasteiger partial charge in [-0.15, -0.1) is 0 Å². The molecule has 1 aromatic rings. The van der Waals surface area contributed by atoms with E-state index in [-0.39, 0.29) is 23.0 Å². The van der Waals surface area contributed by atoms with E-state index < -0.39 is 19.9 Å². The lowest BCUT2D eigenvalue weighted by atomic mass is 10.3. The van der Waals surface area contributed by atoms with E-state index >= 15 is 0 Å². The smallest absolute Gasteiger partial charge is 0.240 e. The molecule has 0 heterocycles. The van der Waals surface area contributed by atoms with Gasteiger partial charge in [-0.05, 0) is 30.8 Å². The van der Waals surface area contributed by atoms with E-state index in [4.69, 9.17) is 4.74 Å². The van der Waals surface area contributed by atoms with Crippen molar-refractivity contribution in [3.63, 3.8) is 0 Å². The molecule has 0 bridgehead atoms. The second-order valence-corrected chi connectivity index (χ2v) is 9.05. The Labute approximate surface area is 138 Å². The Morgan fingerprint density at radius 1 is 1.00 bits per heavy atom. The quantitative estimate of drug-likeness (QED) is 0.551. The maximum atomic E-state index is 12.0. The monoisotopic (exact) mass is 364 g/mol. The molecule has 0 aliphatic carbocycles. The molecule has 7 nitrogen and oxygen atoms in total. The van der Waals surface area contributed by atoms with Crippen LogP contribution < -0.4 is 14.8 Å². The first-order chi connectivity index (χ1) is 10.8. The van der Waals surface area contributed by atoms with Crippen molar-refractivity contribution in [2.75, 3.05) is 37.7 Å². The van der Waals surface area contributed by atoms with Crippen molar-refractivity contribution >= 4 is 19.9 Å². The van der Waals surface area contributed by atoms with Crippen molar-refractivity contribution in [2.45, 2.75) is 18.7 Å². The summed E-state index contributed by atoms with van der Waals surface area (Å²) in [5, 5.41) is 3.03. The largest absolute Gasteiger partial charge is 0.493 e. The van der Waals surface area contributed by atoms with Crippen LogP contribution in [0.4, 0.5) is 0 Å². The van der Waals surface area contributed by atoms with Gasteiger partial charge in [0.1, 0.15) is 12.4 Å². The predicted molar refractivity (Wildman–Crippen MR) is 90.0 cm³/mol. The molecule has 132 valence electrons. The minimum Gasteiger partial charge on any atom is -0.493 e. The highest BCUT2D eigenvalue weighted by Crippen LogP contribution is 2.15. The molecule has 0 unspecified atom stereocenters. The number of likely N-dealkylation sites (N-methyl/N-ethyl adjacent to an activating group) is 1. The van der Waals surface area contributed by atoms with Gasteiger partial charge in [-0.1, -0.05) is 13.8 Å². The number of nitrogens with one attached hydrogen (secondary N) is 2. The van der Waals surface area contributed by atoms with Crippen molar-refractivity contribution in [1.82, 2.24) is 10.0 Å². The molecule has 0 saturated carbocycles. The molecule has 0 atom stereocenters. The highest BCUT2D eigenvalue weighted by Gasteiger charge is 2.13. The second kappa shape index (κ2) is 9.21. The van der Waals surface area contributed by atoms with E-state index in [2.05, 4.69) is 10.0 Å². The number of benzene rings is 1. The van der Waals surface area contributed by atoms with Gasteiger partial charge in [-0.25, -0.2) is 21.6 Å². The van der Waals surface area contributed by atoms with Crippen LogP contribution >= 0.6 is 0 Å². The number of rotatable bonds is 11. The molecular formula is C14H24N2O5S2. The molecule has 0 amide bonds. The van der Waals surface area contributed by atoms with Crippen LogP contribution in [0.2, 0.25) is 0 Å². The molecule has 0 saturated heterocycles.